The molecule has 0 aromatic rings. The van der Waals surface area contributed by atoms with Crippen molar-refractivity contribution in [3.63, 3.8) is 0 Å². The van der Waals surface area contributed by atoms with Crippen LogP contribution in [0.2, 0.25) is 0 Å². The number of hydrogen-bond donors (Lipinski definition) is 0. The molecule has 12 heavy (non-hydrogen) atoms. The SMILES string of the molecule is C=CCC(C=C)(CC=C)CC=C. The highest BCUT2D eigenvalue weighted by molar-refractivity contribution is 5.04. The van der Waals surface area contributed by atoms with E-state index in [1.165, 1.54) is 0 Å². The van der Waals surface area contributed by atoms with Gasteiger partial charge in [0.2, 0.25) is 0 Å². The van der Waals surface area contributed by atoms with Gasteiger partial charge in [-0.05, 0) is 24.7 Å². The maximum atomic E-state index is 3.85. The molecule has 0 radical (unpaired) electrons. The first kappa shape index (κ1) is 11.0. The lowest BCUT2D eigenvalue weighted by Gasteiger charge is -2.26. The molecule has 0 rings (SSSR count). The number of allylic oxidation sites excluding steroid dienone is 4. The van der Waals surface area contributed by atoms with E-state index >= 15 is 0 Å². The van der Waals surface area contributed by atoms with Gasteiger partial charge in [0, 0.05) is 0 Å². The molecule has 0 fully saturated rings. The monoisotopic (exact) mass is 162 g/mol. The van der Waals surface area contributed by atoms with Crippen molar-refractivity contribution in [3.8, 4) is 0 Å². The zero-order chi connectivity index (χ0) is 9.45. The van der Waals surface area contributed by atoms with Crippen molar-refractivity contribution < 1.29 is 0 Å². The Morgan fingerprint density at radius 2 is 1.08 bits per heavy atom. The highest BCUT2D eigenvalue weighted by atomic mass is 14.2. The van der Waals surface area contributed by atoms with Gasteiger partial charge in [-0.2, -0.15) is 0 Å². The zero-order valence-electron chi connectivity index (χ0n) is 7.76. The summed E-state index contributed by atoms with van der Waals surface area (Å²) >= 11 is 0. The standard InChI is InChI=1S/C12H18/c1-5-9-12(8-4,10-6-2)11-7-3/h5-8H,1-4,9-11H2. The van der Waals surface area contributed by atoms with Crippen LogP contribution in [-0.2, 0) is 0 Å². The van der Waals surface area contributed by atoms with E-state index in [9.17, 15) is 0 Å². The minimum Gasteiger partial charge on any atom is -0.103 e. The highest BCUT2D eigenvalue weighted by Crippen LogP contribution is 2.33. The Morgan fingerprint density at radius 3 is 1.25 bits per heavy atom. The van der Waals surface area contributed by atoms with Crippen molar-refractivity contribution in [1.29, 1.82) is 0 Å². The molecule has 0 atom stereocenters. The largest absolute Gasteiger partial charge is 0.103 e. The molecule has 0 aliphatic carbocycles. The van der Waals surface area contributed by atoms with Gasteiger partial charge in [-0.15, -0.1) is 26.3 Å². The quantitative estimate of drug-likeness (QED) is 0.498. The van der Waals surface area contributed by atoms with Crippen LogP contribution < -0.4 is 0 Å². The molecule has 0 bridgehead atoms. The van der Waals surface area contributed by atoms with Crippen molar-refractivity contribution in [2.24, 2.45) is 5.41 Å². The molecule has 0 N–H and O–H groups in total. The maximum Gasteiger partial charge on any atom is -0.00179 e. The van der Waals surface area contributed by atoms with Crippen molar-refractivity contribution in [2.75, 3.05) is 0 Å². The van der Waals surface area contributed by atoms with Crippen LogP contribution in [0, 0.1) is 5.41 Å². The second-order valence-corrected chi connectivity index (χ2v) is 3.04. The van der Waals surface area contributed by atoms with Gasteiger partial charge in [-0.1, -0.05) is 24.3 Å². The van der Waals surface area contributed by atoms with Crippen LogP contribution in [0.1, 0.15) is 19.3 Å². The summed E-state index contributed by atoms with van der Waals surface area (Å²) in [6.07, 6.45) is 10.6. The summed E-state index contributed by atoms with van der Waals surface area (Å²) in [4.78, 5) is 0. The Balaban J connectivity index is 4.45. The van der Waals surface area contributed by atoms with E-state index in [0.29, 0.717) is 0 Å². The van der Waals surface area contributed by atoms with E-state index in [0.717, 1.165) is 19.3 Å². The fourth-order valence-electron chi connectivity index (χ4n) is 1.36. The Morgan fingerprint density at radius 1 is 0.750 bits per heavy atom. The Labute approximate surface area is 76.0 Å². The predicted molar refractivity (Wildman–Crippen MR) is 57.1 cm³/mol. The molecule has 0 aromatic heterocycles. The molecule has 0 heteroatoms. The summed E-state index contributed by atoms with van der Waals surface area (Å²) in [6, 6.07) is 0. The van der Waals surface area contributed by atoms with E-state index in [-0.39, 0.29) is 5.41 Å². The van der Waals surface area contributed by atoms with Crippen LogP contribution in [0.15, 0.2) is 50.6 Å². The van der Waals surface area contributed by atoms with Crippen LogP contribution in [0.25, 0.3) is 0 Å². The van der Waals surface area contributed by atoms with E-state index in [4.69, 9.17) is 0 Å². The second-order valence-electron chi connectivity index (χ2n) is 3.04. The fraction of sp³-hybridized carbons (Fsp3) is 0.333. The molecule has 0 aromatic carbocycles. The molecular formula is C12H18. The van der Waals surface area contributed by atoms with Crippen LogP contribution in [0.5, 0.6) is 0 Å². The topological polar surface area (TPSA) is 0 Å². The molecule has 0 unspecified atom stereocenters. The van der Waals surface area contributed by atoms with Crippen molar-refractivity contribution in [1.82, 2.24) is 0 Å². The molecule has 0 nitrogen and oxygen atoms in total. The molecule has 0 amide bonds. The number of hydrogen-bond acceptors (Lipinski definition) is 0. The predicted octanol–water partition coefficient (Wildman–Crippen LogP) is 3.89. The molecule has 0 spiro atoms. The van der Waals surface area contributed by atoms with Gasteiger partial charge in [0.25, 0.3) is 0 Å². The average Bonchev–Trinajstić information content (AvgIpc) is 2.06. The average molecular weight is 162 g/mol. The summed E-state index contributed by atoms with van der Waals surface area (Å²) in [5, 5.41) is 0. The van der Waals surface area contributed by atoms with Crippen LogP contribution in [0.3, 0.4) is 0 Å². The maximum absolute atomic E-state index is 3.85. The van der Waals surface area contributed by atoms with Gasteiger partial charge >= 0.3 is 0 Å². The summed E-state index contributed by atoms with van der Waals surface area (Å²) in [7, 11) is 0. The third-order valence-electron chi connectivity index (χ3n) is 2.09. The van der Waals surface area contributed by atoms with Gasteiger partial charge < -0.3 is 0 Å². The lowest BCUT2D eigenvalue weighted by atomic mass is 9.78. The van der Waals surface area contributed by atoms with Gasteiger partial charge in [-0.25, -0.2) is 0 Å². The van der Waals surface area contributed by atoms with E-state index < -0.39 is 0 Å². The van der Waals surface area contributed by atoms with Gasteiger partial charge in [0.05, 0.1) is 0 Å². The minimum atomic E-state index is 0.102. The van der Waals surface area contributed by atoms with Crippen molar-refractivity contribution in [3.05, 3.63) is 50.6 Å². The van der Waals surface area contributed by atoms with Crippen LogP contribution >= 0.6 is 0 Å². The van der Waals surface area contributed by atoms with Gasteiger partial charge in [-0.3, -0.25) is 0 Å². The first-order valence-corrected chi connectivity index (χ1v) is 4.21. The summed E-state index contributed by atoms with van der Waals surface area (Å²) in [5.74, 6) is 0. The van der Waals surface area contributed by atoms with Gasteiger partial charge in [0.1, 0.15) is 0 Å². The molecule has 0 aliphatic rings. The van der Waals surface area contributed by atoms with Gasteiger partial charge in [0.15, 0.2) is 0 Å². The van der Waals surface area contributed by atoms with Crippen molar-refractivity contribution >= 4 is 0 Å². The molecule has 66 valence electrons. The normalized spacial score (nSPS) is 10.3. The molecule has 0 heterocycles. The minimum absolute atomic E-state index is 0.102. The fourth-order valence-corrected chi connectivity index (χ4v) is 1.36. The third-order valence-corrected chi connectivity index (χ3v) is 2.09. The lowest BCUT2D eigenvalue weighted by molar-refractivity contribution is 0.399. The first-order valence-electron chi connectivity index (χ1n) is 4.21. The second kappa shape index (κ2) is 5.59. The number of rotatable bonds is 7. The zero-order valence-corrected chi connectivity index (χ0v) is 7.76. The third kappa shape index (κ3) is 2.91. The molecule has 0 saturated carbocycles. The van der Waals surface area contributed by atoms with Crippen LogP contribution in [-0.4, -0.2) is 0 Å². The Hall–Kier alpha value is -1.04. The van der Waals surface area contributed by atoms with Crippen molar-refractivity contribution in [2.45, 2.75) is 19.3 Å². The molecule has 0 saturated heterocycles. The smallest absolute Gasteiger partial charge is 0.00179 e. The van der Waals surface area contributed by atoms with E-state index in [1.807, 2.05) is 24.3 Å². The van der Waals surface area contributed by atoms with E-state index in [1.54, 1.807) is 0 Å². The first-order chi connectivity index (χ1) is 5.74. The molecule has 0 aliphatic heterocycles. The Bertz CT molecular complexity index is 148. The van der Waals surface area contributed by atoms with Crippen LogP contribution in [0.4, 0.5) is 0 Å². The summed E-state index contributed by atoms with van der Waals surface area (Å²) in [5.41, 5.74) is 0.102. The van der Waals surface area contributed by atoms with E-state index in [2.05, 4.69) is 26.3 Å². The summed E-state index contributed by atoms with van der Waals surface area (Å²) < 4.78 is 0. The molecular weight excluding hydrogens is 144 g/mol. The Kier molecular flexibility index (Phi) is 5.11. The summed E-state index contributed by atoms with van der Waals surface area (Å²) in [6.45, 7) is 15.1. The highest BCUT2D eigenvalue weighted by Gasteiger charge is 2.21. The lowest BCUT2D eigenvalue weighted by Crippen LogP contribution is -2.14.